The fourth-order valence-electron chi connectivity index (χ4n) is 2.75. The van der Waals surface area contributed by atoms with E-state index in [9.17, 15) is 18.6 Å². The number of phenols is 2. The number of phenolic OH excluding ortho intramolecular Hbond substituents is 2. The predicted molar refractivity (Wildman–Crippen MR) is 97.9 cm³/mol. The number of nitrogens with zero attached hydrogens (tertiary/aromatic N) is 2. The topological polar surface area (TPSA) is 104 Å². The number of nitrogens with one attached hydrogen (secondary N) is 1. The Morgan fingerprint density at radius 1 is 1.12 bits per heavy atom. The molecule has 3 aromatic rings. The van der Waals surface area contributed by atoms with E-state index in [0.717, 1.165) is 17.3 Å². The Kier molecular flexibility index (Phi) is 4.71. The van der Waals surface area contributed by atoms with Crippen molar-refractivity contribution in [2.75, 3.05) is 6.54 Å². The molecule has 136 valence electrons. The SMILES string of the molecule is CCNS(=O)(=O)c1cc(-c2ccnn2-c2ccccc2C)c(O)cc1O. The second-order valence-electron chi connectivity index (χ2n) is 5.75. The zero-order valence-corrected chi connectivity index (χ0v) is 15.2. The molecular weight excluding hydrogens is 354 g/mol. The lowest BCUT2D eigenvalue weighted by atomic mass is 10.1. The van der Waals surface area contributed by atoms with Crippen LogP contribution in [0.15, 0.2) is 53.6 Å². The molecule has 0 unspecified atom stereocenters. The Hall–Kier alpha value is -2.84. The lowest BCUT2D eigenvalue weighted by molar-refractivity contribution is 0.440. The van der Waals surface area contributed by atoms with Crippen LogP contribution in [-0.4, -0.2) is 35.0 Å². The molecule has 0 saturated carbocycles. The van der Waals surface area contributed by atoms with E-state index in [4.69, 9.17) is 0 Å². The summed E-state index contributed by atoms with van der Waals surface area (Å²) in [5.74, 6) is -0.762. The molecule has 7 nitrogen and oxygen atoms in total. The zero-order valence-electron chi connectivity index (χ0n) is 14.3. The summed E-state index contributed by atoms with van der Waals surface area (Å²) in [5, 5.41) is 24.6. The first kappa shape index (κ1) is 18.0. The van der Waals surface area contributed by atoms with Crippen molar-refractivity contribution in [3.05, 3.63) is 54.2 Å². The van der Waals surface area contributed by atoms with Gasteiger partial charge in [0.15, 0.2) is 0 Å². The average Bonchev–Trinajstić information content (AvgIpc) is 3.04. The molecule has 0 aliphatic rings. The fraction of sp³-hybridized carbons (Fsp3) is 0.167. The van der Waals surface area contributed by atoms with Crippen LogP contribution < -0.4 is 4.72 Å². The number of aromatic hydroxyl groups is 2. The Bertz CT molecular complexity index is 1060. The molecule has 0 bridgehead atoms. The minimum absolute atomic E-state index is 0.180. The third kappa shape index (κ3) is 3.16. The summed E-state index contributed by atoms with van der Waals surface area (Å²) >= 11 is 0. The van der Waals surface area contributed by atoms with Crippen molar-refractivity contribution in [1.82, 2.24) is 14.5 Å². The zero-order chi connectivity index (χ0) is 18.9. The molecule has 0 radical (unpaired) electrons. The van der Waals surface area contributed by atoms with E-state index < -0.39 is 15.8 Å². The van der Waals surface area contributed by atoms with Crippen molar-refractivity contribution in [3.63, 3.8) is 0 Å². The summed E-state index contributed by atoms with van der Waals surface area (Å²) in [6.07, 6.45) is 1.56. The summed E-state index contributed by atoms with van der Waals surface area (Å²) in [7, 11) is -3.90. The maximum atomic E-state index is 12.3. The summed E-state index contributed by atoms with van der Waals surface area (Å²) in [6, 6.07) is 11.5. The molecular formula is C18H19N3O4S. The maximum absolute atomic E-state index is 12.3. The van der Waals surface area contributed by atoms with Gasteiger partial charge >= 0.3 is 0 Å². The minimum Gasteiger partial charge on any atom is -0.507 e. The highest BCUT2D eigenvalue weighted by atomic mass is 32.2. The van der Waals surface area contributed by atoms with Crippen LogP contribution in [0.2, 0.25) is 0 Å². The monoisotopic (exact) mass is 373 g/mol. The first-order valence-corrected chi connectivity index (χ1v) is 9.49. The van der Waals surface area contributed by atoms with Gasteiger partial charge in [-0.15, -0.1) is 0 Å². The van der Waals surface area contributed by atoms with Crippen LogP contribution >= 0.6 is 0 Å². The van der Waals surface area contributed by atoms with Crippen molar-refractivity contribution in [2.45, 2.75) is 18.7 Å². The van der Waals surface area contributed by atoms with Crippen molar-refractivity contribution in [3.8, 4) is 28.4 Å². The fourth-order valence-corrected chi connectivity index (χ4v) is 3.89. The second-order valence-corrected chi connectivity index (χ2v) is 7.49. The number of aromatic nitrogens is 2. The van der Waals surface area contributed by atoms with E-state index >= 15 is 0 Å². The summed E-state index contributed by atoms with van der Waals surface area (Å²) in [6.45, 7) is 3.75. The second kappa shape index (κ2) is 6.81. The van der Waals surface area contributed by atoms with Gasteiger partial charge in [-0.25, -0.2) is 17.8 Å². The summed E-state index contributed by atoms with van der Waals surface area (Å²) < 4.78 is 28.6. The molecule has 0 saturated heterocycles. The molecule has 0 atom stereocenters. The standard InChI is InChI=1S/C18H19N3O4S/c1-3-20-26(24,25)18-10-13(16(22)11-17(18)23)15-8-9-19-21(15)14-7-5-4-6-12(14)2/h4-11,20,22-23H,3H2,1-2H3. The number of sulfonamides is 1. The van der Waals surface area contributed by atoms with Crippen molar-refractivity contribution in [2.24, 2.45) is 0 Å². The van der Waals surface area contributed by atoms with Gasteiger partial charge < -0.3 is 10.2 Å². The molecule has 0 aliphatic heterocycles. The lowest BCUT2D eigenvalue weighted by Crippen LogP contribution is -2.23. The van der Waals surface area contributed by atoms with Crippen molar-refractivity contribution >= 4 is 10.0 Å². The first-order valence-electron chi connectivity index (χ1n) is 8.01. The van der Waals surface area contributed by atoms with E-state index in [0.29, 0.717) is 5.69 Å². The molecule has 1 heterocycles. The number of rotatable bonds is 5. The van der Waals surface area contributed by atoms with Gasteiger partial charge in [0.2, 0.25) is 10.0 Å². The Morgan fingerprint density at radius 2 is 1.85 bits per heavy atom. The third-order valence-corrected chi connectivity index (χ3v) is 5.54. The molecule has 0 spiro atoms. The number of para-hydroxylation sites is 1. The number of benzene rings is 2. The number of hydrogen-bond donors (Lipinski definition) is 3. The Balaban J connectivity index is 2.21. The van der Waals surface area contributed by atoms with Crippen LogP contribution in [0.25, 0.3) is 16.9 Å². The van der Waals surface area contributed by atoms with E-state index in [1.54, 1.807) is 23.9 Å². The van der Waals surface area contributed by atoms with Gasteiger partial charge in [-0.2, -0.15) is 5.10 Å². The highest BCUT2D eigenvalue weighted by Gasteiger charge is 2.22. The van der Waals surface area contributed by atoms with Gasteiger partial charge in [-0.3, -0.25) is 0 Å². The molecule has 3 N–H and O–H groups in total. The Labute approximate surface area is 151 Å². The highest BCUT2D eigenvalue weighted by Crippen LogP contribution is 2.37. The molecule has 8 heteroatoms. The molecule has 2 aromatic carbocycles. The largest absolute Gasteiger partial charge is 0.507 e. The summed E-state index contributed by atoms with van der Waals surface area (Å²) in [4.78, 5) is -0.301. The van der Waals surface area contributed by atoms with Crippen LogP contribution in [0.3, 0.4) is 0 Å². The molecule has 0 aliphatic carbocycles. The van der Waals surface area contributed by atoms with E-state index in [-0.39, 0.29) is 22.8 Å². The van der Waals surface area contributed by atoms with E-state index in [2.05, 4.69) is 9.82 Å². The van der Waals surface area contributed by atoms with Crippen molar-refractivity contribution < 1.29 is 18.6 Å². The smallest absolute Gasteiger partial charge is 0.244 e. The average molecular weight is 373 g/mol. The van der Waals surface area contributed by atoms with E-state index in [1.165, 1.54) is 6.07 Å². The van der Waals surface area contributed by atoms with Gasteiger partial charge in [0.25, 0.3) is 0 Å². The van der Waals surface area contributed by atoms with Gasteiger partial charge in [0, 0.05) is 18.2 Å². The van der Waals surface area contributed by atoms with Crippen LogP contribution in [0, 0.1) is 6.92 Å². The third-order valence-electron chi connectivity index (χ3n) is 3.96. The molecule has 1 aromatic heterocycles. The van der Waals surface area contributed by atoms with Gasteiger partial charge in [-0.05, 0) is 30.7 Å². The van der Waals surface area contributed by atoms with Gasteiger partial charge in [-0.1, -0.05) is 25.1 Å². The normalized spacial score (nSPS) is 11.6. The lowest BCUT2D eigenvalue weighted by Gasteiger charge is -2.14. The highest BCUT2D eigenvalue weighted by molar-refractivity contribution is 7.89. The summed E-state index contributed by atoms with van der Waals surface area (Å²) in [5.41, 5.74) is 2.53. The van der Waals surface area contributed by atoms with Crippen molar-refractivity contribution in [1.29, 1.82) is 0 Å². The van der Waals surface area contributed by atoms with Crippen LogP contribution in [-0.2, 0) is 10.0 Å². The number of aryl methyl sites for hydroxylation is 1. The quantitative estimate of drug-likeness (QED) is 0.638. The van der Waals surface area contributed by atoms with Crippen LogP contribution in [0.4, 0.5) is 0 Å². The van der Waals surface area contributed by atoms with Crippen LogP contribution in [0.1, 0.15) is 12.5 Å². The molecule has 0 fully saturated rings. The Morgan fingerprint density at radius 3 is 2.54 bits per heavy atom. The molecule has 0 amide bonds. The first-order chi connectivity index (χ1) is 12.3. The minimum atomic E-state index is -3.90. The number of hydrogen-bond acceptors (Lipinski definition) is 5. The van der Waals surface area contributed by atoms with Gasteiger partial charge in [0.1, 0.15) is 16.4 Å². The maximum Gasteiger partial charge on any atom is 0.244 e. The van der Waals surface area contributed by atoms with Crippen LogP contribution in [0.5, 0.6) is 11.5 Å². The van der Waals surface area contributed by atoms with E-state index in [1.807, 2.05) is 31.2 Å². The predicted octanol–water partition coefficient (Wildman–Crippen LogP) is 2.56. The molecule has 3 rings (SSSR count). The molecule has 26 heavy (non-hydrogen) atoms. The van der Waals surface area contributed by atoms with Gasteiger partial charge in [0.05, 0.1) is 17.6 Å².